The third kappa shape index (κ3) is 1.52. The lowest BCUT2D eigenvalue weighted by Crippen LogP contribution is -1.96. The lowest BCUT2D eigenvalue weighted by Gasteiger charge is -2.01. The SMILES string of the molecule is N#Cc1nn(-c2ccnc3[nH]ccc23)cc1Br. The Labute approximate surface area is 105 Å². The van der Waals surface area contributed by atoms with E-state index >= 15 is 0 Å². The summed E-state index contributed by atoms with van der Waals surface area (Å²) in [7, 11) is 0. The van der Waals surface area contributed by atoms with Crippen LogP contribution in [0.3, 0.4) is 0 Å². The van der Waals surface area contributed by atoms with Crippen LogP contribution >= 0.6 is 15.9 Å². The highest BCUT2D eigenvalue weighted by Crippen LogP contribution is 2.22. The first kappa shape index (κ1) is 10.1. The summed E-state index contributed by atoms with van der Waals surface area (Å²) >= 11 is 3.30. The Bertz CT molecular complexity index is 734. The maximum absolute atomic E-state index is 8.88. The van der Waals surface area contributed by atoms with Crippen LogP contribution in [-0.2, 0) is 0 Å². The van der Waals surface area contributed by atoms with E-state index in [0.717, 1.165) is 16.7 Å². The van der Waals surface area contributed by atoms with Gasteiger partial charge in [-0.1, -0.05) is 0 Å². The Balaban J connectivity index is 2.27. The topological polar surface area (TPSA) is 70.3 Å². The predicted octanol–water partition coefficient (Wildman–Crippen LogP) is 2.38. The molecule has 0 spiro atoms. The molecular weight excluding hydrogens is 282 g/mol. The first-order chi connectivity index (χ1) is 8.29. The summed E-state index contributed by atoms with van der Waals surface area (Å²) in [5.41, 5.74) is 2.05. The highest BCUT2D eigenvalue weighted by atomic mass is 79.9. The average molecular weight is 288 g/mol. The van der Waals surface area contributed by atoms with E-state index in [2.05, 4.69) is 31.0 Å². The van der Waals surface area contributed by atoms with Crippen LogP contribution in [0.4, 0.5) is 0 Å². The number of H-pyrrole nitrogens is 1. The van der Waals surface area contributed by atoms with Gasteiger partial charge >= 0.3 is 0 Å². The maximum Gasteiger partial charge on any atom is 0.177 e. The predicted molar refractivity (Wildman–Crippen MR) is 65.6 cm³/mol. The standard InChI is InChI=1S/C11H6BrN5/c12-8-6-17(16-9(8)5-13)10-2-4-15-11-7(10)1-3-14-11/h1-4,6H,(H,14,15). The number of rotatable bonds is 1. The lowest BCUT2D eigenvalue weighted by atomic mass is 10.3. The van der Waals surface area contributed by atoms with Crippen LogP contribution in [0.25, 0.3) is 16.7 Å². The van der Waals surface area contributed by atoms with Crippen molar-refractivity contribution in [2.45, 2.75) is 0 Å². The number of fused-ring (bicyclic) bond motifs is 1. The van der Waals surface area contributed by atoms with Crippen LogP contribution in [0.1, 0.15) is 5.69 Å². The molecule has 0 aliphatic carbocycles. The fraction of sp³-hybridized carbons (Fsp3) is 0. The number of aromatic nitrogens is 4. The molecule has 0 unspecified atom stereocenters. The third-order valence-corrected chi connectivity index (χ3v) is 3.04. The molecule has 0 aromatic carbocycles. The number of nitrogens with zero attached hydrogens (tertiary/aromatic N) is 4. The van der Waals surface area contributed by atoms with E-state index in [1.165, 1.54) is 0 Å². The molecule has 1 N–H and O–H groups in total. The molecule has 0 bridgehead atoms. The second kappa shape index (κ2) is 3.71. The molecule has 3 heterocycles. The summed E-state index contributed by atoms with van der Waals surface area (Å²) < 4.78 is 2.35. The number of halogens is 1. The van der Waals surface area contributed by atoms with E-state index in [0.29, 0.717) is 10.2 Å². The van der Waals surface area contributed by atoms with Crippen LogP contribution in [0.15, 0.2) is 35.2 Å². The van der Waals surface area contributed by atoms with E-state index in [9.17, 15) is 0 Å². The Morgan fingerprint density at radius 1 is 1.41 bits per heavy atom. The van der Waals surface area contributed by atoms with Gasteiger partial charge in [-0.2, -0.15) is 10.4 Å². The van der Waals surface area contributed by atoms with E-state index in [1.54, 1.807) is 17.1 Å². The van der Waals surface area contributed by atoms with E-state index < -0.39 is 0 Å². The number of aromatic amines is 1. The smallest absolute Gasteiger partial charge is 0.177 e. The molecule has 0 radical (unpaired) electrons. The molecule has 17 heavy (non-hydrogen) atoms. The van der Waals surface area contributed by atoms with Crippen molar-refractivity contribution < 1.29 is 0 Å². The molecule has 0 saturated heterocycles. The lowest BCUT2D eigenvalue weighted by molar-refractivity contribution is 0.878. The molecule has 0 aliphatic heterocycles. The van der Waals surface area contributed by atoms with Crippen molar-refractivity contribution in [2.24, 2.45) is 0 Å². The zero-order valence-corrected chi connectivity index (χ0v) is 10.1. The first-order valence-electron chi connectivity index (χ1n) is 4.87. The zero-order chi connectivity index (χ0) is 11.8. The number of hydrogen-bond acceptors (Lipinski definition) is 3. The third-order valence-electron chi connectivity index (χ3n) is 2.46. The molecule has 0 atom stereocenters. The summed E-state index contributed by atoms with van der Waals surface area (Å²) in [6.45, 7) is 0. The Morgan fingerprint density at radius 2 is 2.29 bits per heavy atom. The van der Waals surface area contributed by atoms with Crippen LogP contribution in [0.5, 0.6) is 0 Å². The van der Waals surface area contributed by atoms with Gasteiger partial charge in [-0.05, 0) is 28.1 Å². The molecule has 0 saturated carbocycles. The minimum absolute atomic E-state index is 0.366. The molecule has 3 aromatic rings. The summed E-state index contributed by atoms with van der Waals surface area (Å²) in [4.78, 5) is 7.24. The second-order valence-electron chi connectivity index (χ2n) is 3.45. The molecule has 0 fully saturated rings. The maximum atomic E-state index is 8.88. The second-order valence-corrected chi connectivity index (χ2v) is 4.31. The van der Waals surface area contributed by atoms with Gasteiger partial charge in [0.2, 0.25) is 0 Å². The summed E-state index contributed by atoms with van der Waals surface area (Å²) in [6.07, 6.45) is 5.29. The minimum Gasteiger partial charge on any atom is -0.346 e. The van der Waals surface area contributed by atoms with Crippen LogP contribution in [0.2, 0.25) is 0 Å². The molecule has 0 aliphatic rings. The molecule has 82 valence electrons. The van der Waals surface area contributed by atoms with Crippen LogP contribution in [0, 0.1) is 11.3 Å². The van der Waals surface area contributed by atoms with Crippen molar-refractivity contribution in [1.82, 2.24) is 19.7 Å². The van der Waals surface area contributed by atoms with Gasteiger partial charge in [0, 0.05) is 24.0 Å². The molecule has 3 aromatic heterocycles. The monoisotopic (exact) mass is 287 g/mol. The van der Waals surface area contributed by atoms with Gasteiger partial charge in [0.1, 0.15) is 11.7 Å². The van der Waals surface area contributed by atoms with Gasteiger partial charge in [0.25, 0.3) is 0 Å². The Kier molecular flexibility index (Phi) is 2.20. The van der Waals surface area contributed by atoms with Crippen molar-refractivity contribution in [3.8, 4) is 11.8 Å². The zero-order valence-electron chi connectivity index (χ0n) is 8.55. The minimum atomic E-state index is 0.366. The summed E-state index contributed by atoms with van der Waals surface area (Å²) in [6, 6.07) is 5.81. The largest absolute Gasteiger partial charge is 0.346 e. The van der Waals surface area contributed by atoms with Crippen molar-refractivity contribution in [1.29, 1.82) is 5.26 Å². The van der Waals surface area contributed by atoms with Gasteiger partial charge in [-0.3, -0.25) is 0 Å². The van der Waals surface area contributed by atoms with Gasteiger partial charge in [0.15, 0.2) is 5.69 Å². The van der Waals surface area contributed by atoms with E-state index in [1.807, 2.05) is 24.4 Å². The highest BCUT2D eigenvalue weighted by molar-refractivity contribution is 9.10. The van der Waals surface area contributed by atoms with Gasteiger partial charge in [-0.15, -0.1) is 0 Å². The van der Waals surface area contributed by atoms with Crippen molar-refractivity contribution in [2.75, 3.05) is 0 Å². The first-order valence-corrected chi connectivity index (χ1v) is 5.66. The van der Waals surface area contributed by atoms with E-state index in [-0.39, 0.29) is 0 Å². The van der Waals surface area contributed by atoms with E-state index in [4.69, 9.17) is 5.26 Å². The molecule has 0 amide bonds. The highest BCUT2D eigenvalue weighted by Gasteiger charge is 2.10. The van der Waals surface area contributed by atoms with Crippen molar-refractivity contribution >= 4 is 27.0 Å². The molecule has 6 heteroatoms. The van der Waals surface area contributed by atoms with Gasteiger partial charge in [-0.25, -0.2) is 9.67 Å². The number of hydrogen-bond donors (Lipinski definition) is 1. The van der Waals surface area contributed by atoms with Gasteiger partial charge < -0.3 is 4.98 Å². The number of nitrogens with one attached hydrogen (secondary N) is 1. The molecular formula is C11H6BrN5. The Hall–Kier alpha value is -2.13. The summed E-state index contributed by atoms with van der Waals surface area (Å²) in [5, 5.41) is 14.0. The Morgan fingerprint density at radius 3 is 3.06 bits per heavy atom. The van der Waals surface area contributed by atoms with Gasteiger partial charge in [0.05, 0.1) is 10.2 Å². The van der Waals surface area contributed by atoms with Crippen molar-refractivity contribution in [3.63, 3.8) is 0 Å². The van der Waals surface area contributed by atoms with Crippen LogP contribution < -0.4 is 0 Å². The normalized spacial score (nSPS) is 10.6. The quantitative estimate of drug-likeness (QED) is 0.747. The van der Waals surface area contributed by atoms with Crippen molar-refractivity contribution in [3.05, 3.63) is 40.9 Å². The summed E-state index contributed by atoms with van der Waals surface area (Å²) in [5.74, 6) is 0. The molecule has 3 rings (SSSR count). The average Bonchev–Trinajstić information content (AvgIpc) is 2.94. The van der Waals surface area contributed by atoms with Crippen LogP contribution in [-0.4, -0.2) is 19.7 Å². The fourth-order valence-corrected chi connectivity index (χ4v) is 2.06. The fourth-order valence-electron chi connectivity index (χ4n) is 1.70. The molecule has 5 nitrogen and oxygen atoms in total. The number of nitriles is 1. The number of pyridine rings is 1.